The summed E-state index contributed by atoms with van der Waals surface area (Å²) in [7, 11) is -2.89. The molecule has 2 amide bonds. The number of halogens is 2. The molecule has 4 aromatic carbocycles. The highest BCUT2D eigenvalue weighted by molar-refractivity contribution is 7.92. The van der Waals surface area contributed by atoms with Crippen LogP contribution in [0.2, 0.25) is 0 Å². The third kappa shape index (κ3) is 7.19. The molecule has 0 radical (unpaired) electrons. The lowest BCUT2D eigenvalue weighted by atomic mass is 10.0. The number of rotatable bonds is 11. The number of aryl methyl sites for hydroxylation is 1. The van der Waals surface area contributed by atoms with Gasteiger partial charge in [0.1, 0.15) is 24.2 Å². The maximum Gasteiger partial charge on any atom is 0.264 e. The SMILES string of the molecule is CNC(=O)[C@H](Cc1ccccc1)N(Cc1ccccc1F)C(=O)CN(c1ccc(F)cc1)S(=O)(=O)c1ccc(C)cc1. The molecule has 0 spiro atoms. The molecule has 4 aromatic rings. The van der Waals surface area contributed by atoms with Crippen LogP contribution in [0.3, 0.4) is 0 Å². The number of carbonyl (C=O) groups excluding carboxylic acids is 2. The molecule has 1 N–H and O–H groups in total. The van der Waals surface area contributed by atoms with Crippen molar-refractivity contribution in [2.24, 2.45) is 0 Å². The molecule has 0 bridgehead atoms. The predicted molar refractivity (Wildman–Crippen MR) is 157 cm³/mol. The van der Waals surface area contributed by atoms with Gasteiger partial charge in [0, 0.05) is 25.6 Å². The van der Waals surface area contributed by atoms with Crippen molar-refractivity contribution in [2.45, 2.75) is 30.8 Å². The van der Waals surface area contributed by atoms with E-state index in [4.69, 9.17) is 0 Å². The van der Waals surface area contributed by atoms with Crippen LogP contribution in [0.4, 0.5) is 14.5 Å². The van der Waals surface area contributed by atoms with Crippen LogP contribution in [0, 0.1) is 18.6 Å². The topological polar surface area (TPSA) is 86.8 Å². The molecule has 1 atom stereocenters. The van der Waals surface area contributed by atoms with Gasteiger partial charge >= 0.3 is 0 Å². The fourth-order valence-electron chi connectivity index (χ4n) is 4.50. The smallest absolute Gasteiger partial charge is 0.264 e. The molecule has 0 aliphatic rings. The average molecular weight is 592 g/mol. The second-order valence-electron chi connectivity index (χ2n) is 9.73. The number of nitrogens with one attached hydrogen (secondary N) is 1. The van der Waals surface area contributed by atoms with Gasteiger partial charge in [-0.25, -0.2) is 17.2 Å². The summed E-state index contributed by atoms with van der Waals surface area (Å²) in [6.45, 7) is 0.792. The number of hydrogen-bond donors (Lipinski definition) is 1. The second kappa shape index (κ2) is 13.4. The van der Waals surface area contributed by atoms with Crippen molar-refractivity contribution >= 4 is 27.5 Å². The Morgan fingerprint density at radius 2 is 1.45 bits per heavy atom. The van der Waals surface area contributed by atoms with Crippen molar-refractivity contribution < 1.29 is 26.8 Å². The minimum absolute atomic E-state index is 0.0516. The first-order valence-corrected chi connectivity index (χ1v) is 14.7. The molecule has 0 aliphatic carbocycles. The lowest BCUT2D eigenvalue weighted by Crippen LogP contribution is -2.53. The molecule has 42 heavy (non-hydrogen) atoms. The van der Waals surface area contributed by atoms with Gasteiger partial charge in [-0.2, -0.15) is 0 Å². The van der Waals surface area contributed by atoms with Crippen molar-refractivity contribution in [3.05, 3.63) is 131 Å². The highest BCUT2D eigenvalue weighted by Crippen LogP contribution is 2.26. The Hall–Kier alpha value is -4.57. The Bertz CT molecular complexity index is 1630. The number of anilines is 1. The van der Waals surface area contributed by atoms with E-state index in [2.05, 4.69) is 5.32 Å². The van der Waals surface area contributed by atoms with E-state index < -0.39 is 46.1 Å². The maximum atomic E-state index is 14.8. The van der Waals surface area contributed by atoms with Crippen molar-refractivity contribution in [2.75, 3.05) is 17.9 Å². The van der Waals surface area contributed by atoms with E-state index in [0.717, 1.165) is 27.6 Å². The van der Waals surface area contributed by atoms with Crippen LogP contribution in [0.5, 0.6) is 0 Å². The first-order valence-electron chi connectivity index (χ1n) is 13.2. The van der Waals surface area contributed by atoms with Crippen LogP contribution >= 0.6 is 0 Å². The molecule has 0 unspecified atom stereocenters. The molecule has 0 saturated carbocycles. The first kappa shape index (κ1) is 30.4. The largest absolute Gasteiger partial charge is 0.357 e. The van der Waals surface area contributed by atoms with Gasteiger partial charge in [-0.15, -0.1) is 0 Å². The molecule has 10 heteroatoms. The molecular weight excluding hydrogens is 560 g/mol. The Balaban J connectivity index is 1.79. The van der Waals surface area contributed by atoms with Gasteiger partial charge in [-0.3, -0.25) is 13.9 Å². The average Bonchev–Trinajstić information content (AvgIpc) is 2.99. The number of nitrogens with zero attached hydrogens (tertiary/aromatic N) is 2. The molecule has 0 aliphatic heterocycles. The zero-order valence-electron chi connectivity index (χ0n) is 23.2. The summed E-state index contributed by atoms with van der Waals surface area (Å²) < 4.78 is 57.2. The van der Waals surface area contributed by atoms with Gasteiger partial charge in [0.25, 0.3) is 10.0 Å². The fourth-order valence-corrected chi connectivity index (χ4v) is 5.92. The first-order chi connectivity index (χ1) is 20.1. The Morgan fingerprint density at radius 3 is 2.07 bits per heavy atom. The normalized spacial score (nSPS) is 11.9. The van der Waals surface area contributed by atoms with Gasteiger partial charge in [-0.05, 0) is 55.0 Å². The lowest BCUT2D eigenvalue weighted by Gasteiger charge is -2.33. The summed E-state index contributed by atoms with van der Waals surface area (Å²) >= 11 is 0. The summed E-state index contributed by atoms with van der Waals surface area (Å²) in [5.74, 6) is -2.41. The summed E-state index contributed by atoms with van der Waals surface area (Å²) in [4.78, 5) is 28.5. The molecule has 7 nitrogen and oxygen atoms in total. The minimum Gasteiger partial charge on any atom is -0.357 e. The van der Waals surface area contributed by atoms with Gasteiger partial charge in [0.2, 0.25) is 11.8 Å². The van der Waals surface area contributed by atoms with Gasteiger partial charge in [-0.1, -0.05) is 66.2 Å². The van der Waals surface area contributed by atoms with Crippen molar-refractivity contribution in [1.82, 2.24) is 10.2 Å². The van der Waals surface area contributed by atoms with Gasteiger partial charge in [0.15, 0.2) is 0 Å². The van der Waals surface area contributed by atoms with Crippen LogP contribution < -0.4 is 9.62 Å². The van der Waals surface area contributed by atoms with Crippen LogP contribution in [-0.4, -0.2) is 44.8 Å². The van der Waals surface area contributed by atoms with Crippen LogP contribution in [-0.2, 0) is 32.6 Å². The van der Waals surface area contributed by atoms with Gasteiger partial charge < -0.3 is 10.2 Å². The van der Waals surface area contributed by atoms with Crippen LogP contribution in [0.25, 0.3) is 0 Å². The molecule has 218 valence electrons. The zero-order chi connectivity index (χ0) is 30.3. The molecule has 0 aromatic heterocycles. The van der Waals surface area contributed by atoms with E-state index in [0.29, 0.717) is 0 Å². The van der Waals surface area contributed by atoms with Crippen LogP contribution in [0.1, 0.15) is 16.7 Å². The highest BCUT2D eigenvalue weighted by Gasteiger charge is 2.34. The van der Waals surface area contributed by atoms with Crippen molar-refractivity contribution in [1.29, 1.82) is 0 Å². The number of sulfonamides is 1. The van der Waals surface area contributed by atoms with E-state index in [1.54, 1.807) is 42.5 Å². The summed E-state index contributed by atoms with van der Waals surface area (Å²) in [6, 6.07) is 24.6. The third-order valence-electron chi connectivity index (χ3n) is 6.82. The monoisotopic (exact) mass is 591 g/mol. The molecule has 0 fully saturated rings. The van der Waals surface area contributed by atoms with E-state index in [1.807, 2.05) is 13.0 Å². The van der Waals surface area contributed by atoms with E-state index in [9.17, 15) is 26.8 Å². The Kier molecular flexibility index (Phi) is 9.69. The molecule has 0 saturated heterocycles. The fraction of sp³-hybridized carbons (Fsp3) is 0.188. The summed E-state index contributed by atoms with van der Waals surface area (Å²) in [5.41, 5.74) is 1.79. The third-order valence-corrected chi connectivity index (χ3v) is 8.61. The van der Waals surface area contributed by atoms with Crippen molar-refractivity contribution in [3.63, 3.8) is 0 Å². The number of amides is 2. The minimum atomic E-state index is -4.31. The standard InChI is InChI=1S/C32H31F2N3O4S/c1-23-12-18-28(19-13-23)42(40,41)37(27-16-14-26(33)15-17-27)22-31(38)36(21-25-10-6-7-11-29(25)34)30(32(39)35-2)20-24-8-4-3-5-9-24/h3-19,30H,20-22H2,1-2H3,(H,35,39)/t30-/m0/s1. The second-order valence-corrected chi connectivity index (χ2v) is 11.6. The Morgan fingerprint density at radius 1 is 0.833 bits per heavy atom. The molecule has 4 rings (SSSR count). The molecular formula is C32H31F2N3O4S. The Labute approximate surface area is 244 Å². The highest BCUT2D eigenvalue weighted by atomic mass is 32.2. The number of likely N-dealkylation sites (N-methyl/N-ethyl adjacent to an activating group) is 1. The number of hydrogen-bond acceptors (Lipinski definition) is 4. The van der Waals surface area contributed by atoms with E-state index in [-0.39, 0.29) is 29.1 Å². The quantitative estimate of drug-likeness (QED) is 0.270. The van der Waals surface area contributed by atoms with Crippen LogP contribution in [0.15, 0.2) is 108 Å². The van der Waals surface area contributed by atoms with E-state index >= 15 is 0 Å². The number of carbonyl (C=O) groups is 2. The molecule has 0 heterocycles. The zero-order valence-corrected chi connectivity index (χ0v) is 24.0. The predicted octanol–water partition coefficient (Wildman–Crippen LogP) is 4.85. The van der Waals surface area contributed by atoms with E-state index in [1.165, 1.54) is 54.4 Å². The lowest BCUT2D eigenvalue weighted by molar-refractivity contribution is -0.139. The summed E-state index contributed by atoms with van der Waals surface area (Å²) in [5, 5.41) is 2.57. The van der Waals surface area contributed by atoms with Crippen molar-refractivity contribution in [3.8, 4) is 0 Å². The number of benzene rings is 4. The summed E-state index contributed by atoms with van der Waals surface area (Å²) in [6.07, 6.45) is 0.0992. The van der Waals surface area contributed by atoms with Gasteiger partial charge in [0.05, 0.1) is 10.6 Å². The maximum absolute atomic E-state index is 14.8.